The molecule has 0 saturated heterocycles. The summed E-state index contributed by atoms with van der Waals surface area (Å²) >= 11 is 0. The van der Waals surface area contributed by atoms with Gasteiger partial charge in [-0.3, -0.25) is 32.5 Å². The van der Waals surface area contributed by atoms with Crippen molar-refractivity contribution in [2.75, 3.05) is 39.6 Å². The minimum atomic E-state index is -4.95. The zero-order valence-electron chi connectivity index (χ0n) is 75.9. The van der Waals surface area contributed by atoms with Gasteiger partial charge in [0.1, 0.15) is 25.4 Å². The van der Waals surface area contributed by atoms with Crippen molar-refractivity contribution < 1.29 is 75.8 Å². The molecule has 688 valence electrons. The van der Waals surface area contributed by atoms with Gasteiger partial charge in [0.05, 0.1) is 26.4 Å². The Hall–Kier alpha value is -5.87. The van der Waals surface area contributed by atoms with Crippen LogP contribution in [-0.2, 0) is 55.8 Å². The molecule has 18 heteroatoms. The lowest BCUT2D eigenvalue weighted by molar-refractivity contribution is -0.161. The maximum absolute atomic E-state index is 13.1. The lowest BCUT2D eigenvalue weighted by atomic mass is 10.0. The van der Waals surface area contributed by atoms with Crippen molar-refractivity contribution >= 4 is 33.6 Å². The van der Waals surface area contributed by atoms with Crippen LogP contribution in [0, 0.1) is 0 Å². The van der Waals surface area contributed by atoms with Gasteiger partial charge in [-0.1, -0.05) is 388 Å². The lowest BCUT2D eigenvalue weighted by Crippen LogP contribution is -2.30. The molecular weight excluding hydrogens is 1560 g/mol. The van der Waals surface area contributed by atoms with E-state index in [1.165, 1.54) is 103 Å². The number of carbonyl (C=O) groups excluding carboxylic acids is 3. The average molecular weight is 1730 g/mol. The molecule has 0 aromatic heterocycles. The van der Waals surface area contributed by atoms with Gasteiger partial charge in [-0.05, 0) is 167 Å². The van der Waals surface area contributed by atoms with Crippen LogP contribution in [0.5, 0.6) is 0 Å². The Balaban J connectivity index is 4.66. The van der Waals surface area contributed by atoms with Crippen LogP contribution in [0.3, 0.4) is 0 Å². The van der Waals surface area contributed by atoms with Gasteiger partial charge < -0.3 is 34.2 Å². The van der Waals surface area contributed by atoms with Gasteiger partial charge in [0.15, 0.2) is 6.10 Å². The summed E-state index contributed by atoms with van der Waals surface area (Å²) in [6.07, 6.45) is 126. The number of aliphatic hydroxyl groups is 2. The fourth-order valence-electron chi connectivity index (χ4n) is 12.4. The number of unbranched alkanes of at least 4 members (excludes halogenated alkanes) is 31. The van der Waals surface area contributed by atoms with Crippen molar-refractivity contribution in [3.8, 4) is 0 Å². The van der Waals surface area contributed by atoms with E-state index in [2.05, 4.69) is 227 Å². The normalized spacial score (nSPS) is 14.7. The van der Waals surface area contributed by atoms with E-state index in [-0.39, 0.29) is 19.3 Å². The summed E-state index contributed by atoms with van der Waals surface area (Å²) in [5, 5.41) is 20.8. The van der Waals surface area contributed by atoms with Gasteiger partial charge in [0.2, 0.25) is 0 Å². The molecule has 0 fully saturated rings. The van der Waals surface area contributed by atoms with Crippen LogP contribution in [0.4, 0.5) is 0 Å². The van der Waals surface area contributed by atoms with Crippen LogP contribution in [0.15, 0.2) is 207 Å². The quantitative estimate of drug-likeness (QED) is 0.0146. The summed E-state index contributed by atoms with van der Waals surface area (Å²) in [5.41, 5.74) is 0. The number of hydrogen-bond acceptors (Lipinski definition) is 14. The number of rotatable bonds is 88. The molecule has 0 aliphatic heterocycles. The molecule has 0 rings (SSSR count). The zero-order chi connectivity index (χ0) is 87.9. The molecule has 0 aromatic rings. The topological polar surface area (TPSA) is 231 Å². The third-order valence-corrected chi connectivity index (χ3v) is 21.4. The predicted octanol–water partition coefficient (Wildman–Crippen LogP) is 29.6. The first-order valence-electron chi connectivity index (χ1n) is 47.4. The summed E-state index contributed by atoms with van der Waals surface area (Å²) in [7, 11) is -9.83. The van der Waals surface area contributed by atoms with Crippen molar-refractivity contribution in [3.63, 3.8) is 0 Å². The van der Waals surface area contributed by atoms with Gasteiger partial charge in [0.25, 0.3) is 0 Å². The molecule has 0 radical (unpaired) electrons. The Morgan fingerprint density at radius 1 is 0.231 bits per heavy atom. The molecule has 0 spiro atoms. The highest BCUT2D eigenvalue weighted by atomic mass is 31.2. The van der Waals surface area contributed by atoms with Crippen LogP contribution in [0.2, 0.25) is 0 Å². The summed E-state index contributed by atoms with van der Waals surface area (Å²) < 4.78 is 61.6. The average Bonchev–Trinajstić information content (AvgIpc) is 0.894. The molecule has 0 amide bonds. The van der Waals surface area contributed by atoms with Gasteiger partial charge in [-0.25, -0.2) is 9.13 Å². The Kier molecular flexibility index (Phi) is 88.8. The van der Waals surface area contributed by atoms with Crippen molar-refractivity contribution in [2.24, 2.45) is 0 Å². The van der Waals surface area contributed by atoms with E-state index in [0.717, 1.165) is 205 Å². The molecular formula is C103H170O16P2. The van der Waals surface area contributed by atoms with Crippen LogP contribution in [-0.4, -0.2) is 95.9 Å². The van der Waals surface area contributed by atoms with E-state index in [1.807, 2.05) is 0 Å². The number of hydrogen-bond donors (Lipinski definition) is 4. The Morgan fingerprint density at radius 3 is 0.653 bits per heavy atom. The molecule has 5 atom stereocenters. The van der Waals surface area contributed by atoms with E-state index in [9.17, 15) is 43.5 Å². The van der Waals surface area contributed by atoms with Crippen molar-refractivity contribution in [2.45, 2.75) is 386 Å². The number of esters is 3. The Labute approximate surface area is 737 Å². The van der Waals surface area contributed by atoms with E-state index in [0.29, 0.717) is 19.3 Å². The number of allylic oxidation sites excluding steroid dienone is 34. The van der Waals surface area contributed by atoms with Crippen molar-refractivity contribution in [1.29, 1.82) is 0 Å². The smallest absolute Gasteiger partial charge is 0.463 e. The first-order chi connectivity index (χ1) is 59.2. The fourth-order valence-corrected chi connectivity index (χ4v) is 14.0. The zero-order valence-corrected chi connectivity index (χ0v) is 77.7. The third-order valence-electron chi connectivity index (χ3n) is 19.5. The highest BCUT2D eigenvalue weighted by Crippen LogP contribution is 2.45. The second-order valence-electron chi connectivity index (χ2n) is 31.0. The first-order valence-corrected chi connectivity index (χ1v) is 50.4. The summed E-state index contributed by atoms with van der Waals surface area (Å²) in [6.45, 7) is 2.36. The first kappa shape index (κ1) is 115. The molecule has 0 aliphatic carbocycles. The maximum Gasteiger partial charge on any atom is 0.472 e. The van der Waals surface area contributed by atoms with Gasteiger partial charge in [0, 0.05) is 19.3 Å². The molecule has 121 heavy (non-hydrogen) atoms. The van der Waals surface area contributed by atoms with E-state index in [4.69, 9.17) is 32.3 Å². The molecule has 0 heterocycles. The van der Waals surface area contributed by atoms with Crippen LogP contribution in [0.1, 0.15) is 367 Å². The summed E-state index contributed by atoms with van der Waals surface area (Å²) in [6, 6.07) is 0. The second-order valence-corrected chi connectivity index (χ2v) is 33.9. The predicted molar refractivity (Wildman–Crippen MR) is 509 cm³/mol. The molecule has 0 aromatic carbocycles. The highest BCUT2D eigenvalue weighted by molar-refractivity contribution is 7.47. The summed E-state index contributed by atoms with van der Waals surface area (Å²) in [5.74, 6) is -1.59. The highest BCUT2D eigenvalue weighted by Gasteiger charge is 2.29. The molecule has 5 unspecified atom stereocenters. The Bertz CT molecular complexity index is 3030. The van der Waals surface area contributed by atoms with Gasteiger partial charge in [-0.15, -0.1) is 0 Å². The Morgan fingerprint density at radius 2 is 0.413 bits per heavy atom. The SMILES string of the molecule is CC/C=C\C/C=C\C/C=C\C/C=C\C/C=C\C/C=C\CCCCCCCCCCCCCCC(=O)OCC(O)COP(=O)(O)OCC(O)COP(=O)(O)OCC(COC(=O)CCCCCCCCCCCC/C=C\C/C=C\C/C=C\C/C=C\C/C=C\C/C=C\CC)OC(=O)CCCCCCCCCCC/C=C\C/C=C\C/C=C\C/C=C\C/C=C\CC. The molecule has 0 bridgehead atoms. The van der Waals surface area contributed by atoms with Gasteiger partial charge >= 0.3 is 33.6 Å². The van der Waals surface area contributed by atoms with E-state index >= 15 is 0 Å². The summed E-state index contributed by atoms with van der Waals surface area (Å²) in [4.78, 5) is 59.1. The standard InChI is InChI=1S/C103H170O16P2/c1-4-7-10-13-16-19-22-25-28-31-34-37-40-43-45-47-48-50-52-54-56-59-62-65-68-71-74-77-80-83-86-89-101(106)113-92-98(104)93-115-120(109,110)116-94-99(105)95-117-121(111,112)118-97-100(119-103(108)91-88-85-82-79-76-73-70-67-64-61-58-53-42-39-36-33-30-27-24-21-18-15-12-9-6-3)96-114-102(107)90-87-84-81-78-75-72-69-66-63-60-57-55-51-49-46-44-41-38-35-32-29-26-23-20-17-14-11-8-5-2/h7-12,16-21,25-30,34-39,43-46,48,50-51,53,55,58,98-100,104-105H,4-6,13-15,22-24,31-33,40-42,47,49,52,54,56-57,59-97H2,1-3H3,(H,109,110)(H,111,112)/b10-7-,11-8-,12-9-,19-16-,20-17-,21-18-,28-25-,29-26-,30-27-,37-34-,38-35-,39-36-,45-43-,46-44-,50-48-,55-51-,58-53-. The molecule has 4 N–H and O–H groups in total. The van der Waals surface area contributed by atoms with E-state index in [1.54, 1.807) is 0 Å². The van der Waals surface area contributed by atoms with Crippen LogP contribution >= 0.6 is 15.6 Å². The molecule has 0 saturated carbocycles. The van der Waals surface area contributed by atoms with Crippen LogP contribution < -0.4 is 0 Å². The largest absolute Gasteiger partial charge is 0.472 e. The van der Waals surface area contributed by atoms with Crippen molar-refractivity contribution in [1.82, 2.24) is 0 Å². The number of carbonyl (C=O) groups is 3. The van der Waals surface area contributed by atoms with Gasteiger partial charge in [-0.2, -0.15) is 0 Å². The van der Waals surface area contributed by atoms with Crippen molar-refractivity contribution in [3.05, 3.63) is 207 Å². The van der Waals surface area contributed by atoms with E-state index < -0.39 is 91.5 Å². The second kappa shape index (κ2) is 93.3. The van der Waals surface area contributed by atoms with Crippen LogP contribution in [0.25, 0.3) is 0 Å². The number of aliphatic hydroxyl groups excluding tert-OH is 2. The number of ether oxygens (including phenoxy) is 3. The number of phosphoric acid groups is 2. The fraction of sp³-hybridized carbons (Fsp3) is 0.641. The minimum Gasteiger partial charge on any atom is -0.463 e. The molecule has 16 nitrogen and oxygen atoms in total. The number of phosphoric ester groups is 2. The maximum atomic E-state index is 13.1. The molecule has 0 aliphatic rings. The lowest BCUT2D eigenvalue weighted by Gasteiger charge is -2.21. The third kappa shape index (κ3) is 94.6. The minimum absolute atomic E-state index is 0.0891. The monoisotopic (exact) mass is 1730 g/mol.